The highest BCUT2D eigenvalue weighted by molar-refractivity contribution is 5.98. The lowest BCUT2D eigenvalue weighted by atomic mass is 10.0. The molecule has 21 heavy (non-hydrogen) atoms. The minimum atomic E-state index is -0.989. The minimum Gasteiger partial charge on any atom is -0.478 e. The molecule has 4 heteroatoms. The van der Waals surface area contributed by atoms with Crippen molar-refractivity contribution in [1.29, 1.82) is 0 Å². The summed E-state index contributed by atoms with van der Waals surface area (Å²) in [6.45, 7) is 4.76. The second kappa shape index (κ2) is 6.74. The van der Waals surface area contributed by atoms with Crippen molar-refractivity contribution in [3.63, 3.8) is 0 Å². The molecule has 1 aromatic carbocycles. The number of carboxylic acid groups (broad SMARTS) is 1. The fourth-order valence-corrected chi connectivity index (χ4v) is 3.04. The SMILES string of the molecule is CCCCC1CCCN1C(=O)c1cc(C)cc(C(=O)O)c1. The average molecular weight is 289 g/mol. The summed E-state index contributed by atoms with van der Waals surface area (Å²) in [6, 6.07) is 5.18. The Morgan fingerprint density at radius 3 is 2.67 bits per heavy atom. The molecular formula is C17H23NO3. The molecule has 1 aromatic rings. The standard InChI is InChI=1S/C17H23NO3/c1-3-4-6-15-7-5-8-18(15)16(19)13-9-12(2)10-14(11-13)17(20)21/h9-11,15H,3-8H2,1-2H3,(H,20,21). The number of carbonyl (C=O) groups excluding carboxylic acids is 1. The molecular weight excluding hydrogens is 266 g/mol. The smallest absolute Gasteiger partial charge is 0.335 e. The van der Waals surface area contributed by atoms with Gasteiger partial charge in [0.15, 0.2) is 0 Å². The third kappa shape index (κ3) is 3.63. The van der Waals surface area contributed by atoms with E-state index in [1.807, 2.05) is 11.8 Å². The van der Waals surface area contributed by atoms with E-state index in [9.17, 15) is 9.59 Å². The summed E-state index contributed by atoms with van der Waals surface area (Å²) in [6.07, 6.45) is 5.40. The van der Waals surface area contributed by atoms with Crippen LogP contribution in [0.2, 0.25) is 0 Å². The monoisotopic (exact) mass is 289 g/mol. The van der Waals surface area contributed by atoms with Gasteiger partial charge in [0.05, 0.1) is 5.56 Å². The Morgan fingerprint density at radius 1 is 1.29 bits per heavy atom. The Labute approximate surface area is 125 Å². The molecule has 0 saturated carbocycles. The largest absolute Gasteiger partial charge is 0.478 e. The van der Waals surface area contributed by atoms with Crippen molar-refractivity contribution in [2.75, 3.05) is 6.54 Å². The van der Waals surface area contributed by atoms with Crippen molar-refractivity contribution in [2.24, 2.45) is 0 Å². The Morgan fingerprint density at radius 2 is 2.00 bits per heavy atom. The number of aryl methyl sites for hydroxylation is 1. The van der Waals surface area contributed by atoms with Gasteiger partial charge in [-0.1, -0.05) is 19.8 Å². The quantitative estimate of drug-likeness (QED) is 0.902. The van der Waals surface area contributed by atoms with Gasteiger partial charge in [-0.05, 0) is 49.9 Å². The maximum atomic E-state index is 12.7. The number of unbranched alkanes of at least 4 members (excludes halogenated alkanes) is 1. The number of likely N-dealkylation sites (tertiary alicyclic amines) is 1. The first-order valence-corrected chi connectivity index (χ1v) is 7.69. The highest BCUT2D eigenvalue weighted by Crippen LogP contribution is 2.24. The van der Waals surface area contributed by atoms with Gasteiger partial charge in [-0.3, -0.25) is 4.79 Å². The zero-order valence-corrected chi connectivity index (χ0v) is 12.8. The molecule has 0 spiro atoms. The Bertz CT molecular complexity index is 539. The van der Waals surface area contributed by atoms with Gasteiger partial charge < -0.3 is 10.0 Å². The maximum absolute atomic E-state index is 12.7. The molecule has 2 rings (SSSR count). The summed E-state index contributed by atoms with van der Waals surface area (Å²) in [5.74, 6) is -1.02. The summed E-state index contributed by atoms with van der Waals surface area (Å²) in [4.78, 5) is 25.7. The summed E-state index contributed by atoms with van der Waals surface area (Å²) in [7, 11) is 0. The van der Waals surface area contributed by atoms with Gasteiger partial charge in [0, 0.05) is 18.2 Å². The number of aromatic carboxylic acids is 1. The van der Waals surface area contributed by atoms with Gasteiger partial charge >= 0.3 is 5.97 Å². The molecule has 1 heterocycles. The van der Waals surface area contributed by atoms with Gasteiger partial charge in [0.2, 0.25) is 0 Å². The molecule has 0 radical (unpaired) electrons. The normalized spacial score (nSPS) is 18.0. The molecule has 1 amide bonds. The van der Waals surface area contributed by atoms with Crippen molar-refractivity contribution >= 4 is 11.9 Å². The number of hydrogen-bond donors (Lipinski definition) is 1. The van der Waals surface area contributed by atoms with Crippen LogP contribution in [0.1, 0.15) is 65.3 Å². The van der Waals surface area contributed by atoms with Crippen molar-refractivity contribution in [3.05, 3.63) is 34.9 Å². The fourth-order valence-electron chi connectivity index (χ4n) is 3.04. The predicted octanol–water partition coefficient (Wildman–Crippen LogP) is 3.49. The second-order valence-corrected chi connectivity index (χ2v) is 5.83. The first kappa shape index (κ1) is 15.5. The van der Waals surface area contributed by atoms with Gasteiger partial charge in [0.25, 0.3) is 5.91 Å². The van der Waals surface area contributed by atoms with Gasteiger partial charge in [-0.2, -0.15) is 0 Å². The molecule has 0 aliphatic carbocycles. The fraction of sp³-hybridized carbons (Fsp3) is 0.529. The predicted molar refractivity (Wildman–Crippen MR) is 81.7 cm³/mol. The van der Waals surface area contributed by atoms with E-state index in [0.29, 0.717) is 11.6 Å². The van der Waals surface area contributed by atoms with E-state index < -0.39 is 5.97 Å². The van der Waals surface area contributed by atoms with E-state index in [0.717, 1.165) is 44.2 Å². The summed E-state index contributed by atoms with van der Waals surface area (Å²) < 4.78 is 0. The van der Waals surface area contributed by atoms with Crippen LogP contribution in [0.25, 0.3) is 0 Å². The minimum absolute atomic E-state index is 0.0280. The number of hydrogen-bond acceptors (Lipinski definition) is 2. The molecule has 1 aliphatic rings. The lowest BCUT2D eigenvalue weighted by Crippen LogP contribution is -2.35. The maximum Gasteiger partial charge on any atom is 0.335 e. The van der Waals surface area contributed by atoms with Gasteiger partial charge in [-0.15, -0.1) is 0 Å². The van der Waals surface area contributed by atoms with Crippen molar-refractivity contribution in [2.45, 2.75) is 52.0 Å². The molecule has 1 aliphatic heterocycles. The molecule has 0 bridgehead atoms. The van der Waals surface area contributed by atoms with E-state index in [4.69, 9.17) is 5.11 Å². The summed E-state index contributed by atoms with van der Waals surface area (Å²) in [5.41, 5.74) is 1.49. The third-order valence-corrected chi connectivity index (χ3v) is 4.10. The molecule has 4 nitrogen and oxygen atoms in total. The van der Waals surface area contributed by atoms with Crippen LogP contribution in [0.3, 0.4) is 0 Å². The zero-order valence-electron chi connectivity index (χ0n) is 12.8. The van der Waals surface area contributed by atoms with Crippen LogP contribution in [0.4, 0.5) is 0 Å². The van der Waals surface area contributed by atoms with Crippen LogP contribution in [0.15, 0.2) is 18.2 Å². The Hall–Kier alpha value is -1.84. The van der Waals surface area contributed by atoms with Crippen LogP contribution in [0, 0.1) is 6.92 Å². The third-order valence-electron chi connectivity index (χ3n) is 4.10. The van der Waals surface area contributed by atoms with Crippen LogP contribution in [0.5, 0.6) is 0 Å². The molecule has 1 saturated heterocycles. The van der Waals surface area contributed by atoms with Gasteiger partial charge in [0.1, 0.15) is 0 Å². The number of amides is 1. The molecule has 1 unspecified atom stereocenters. The van der Waals surface area contributed by atoms with E-state index in [1.54, 1.807) is 12.1 Å². The highest BCUT2D eigenvalue weighted by Gasteiger charge is 2.29. The first-order valence-electron chi connectivity index (χ1n) is 7.69. The molecule has 1 atom stereocenters. The van der Waals surface area contributed by atoms with E-state index in [2.05, 4.69) is 6.92 Å². The van der Waals surface area contributed by atoms with Gasteiger partial charge in [-0.25, -0.2) is 4.79 Å². The lowest BCUT2D eigenvalue weighted by molar-refractivity contribution is 0.0696. The lowest BCUT2D eigenvalue weighted by Gasteiger charge is -2.25. The van der Waals surface area contributed by atoms with Crippen molar-refractivity contribution < 1.29 is 14.7 Å². The number of carbonyl (C=O) groups is 2. The molecule has 114 valence electrons. The van der Waals surface area contributed by atoms with E-state index in [1.165, 1.54) is 6.07 Å². The summed E-state index contributed by atoms with van der Waals surface area (Å²) >= 11 is 0. The number of carboxylic acids is 1. The summed E-state index contributed by atoms with van der Waals surface area (Å²) in [5, 5.41) is 9.12. The first-order chi connectivity index (χ1) is 10.0. The van der Waals surface area contributed by atoms with E-state index in [-0.39, 0.29) is 11.5 Å². The van der Waals surface area contributed by atoms with Crippen LogP contribution in [-0.4, -0.2) is 34.5 Å². The number of nitrogens with zero attached hydrogens (tertiary/aromatic N) is 1. The second-order valence-electron chi connectivity index (χ2n) is 5.83. The number of rotatable bonds is 5. The average Bonchev–Trinajstić information content (AvgIpc) is 2.91. The van der Waals surface area contributed by atoms with Crippen LogP contribution in [-0.2, 0) is 0 Å². The Balaban J connectivity index is 2.21. The number of benzene rings is 1. The molecule has 1 N–H and O–H groups in total. The molecule has 1 fully saturated rings. The van der Waals surface area contributed by atoms with Crippen LogP contribution < -0.4 is 0 Å². The zero-order chi connectivity index (χ0) is 15.4. The van der Waals surface area contributed by atoms with Crippen LogP contribution >= 0.6 is 0 Å². The van der Waals surface area contributed by atoms with E-state index >= 15 is 0 Å². The highest BCUT2D eigenvalue weighted by atomic mass is 16.4. The van der Waals surface area contributed by atoms with Crippen molar-refractivity contribution in [3.8, 4) is 0 Å². The molecule has 0 aromatic heterocycles. The van der Waals surface area contributed by atoms with Crippen molar-refractivity contribution in [1.82, 2.24) is 4.90 Å². The topological polar surface area (TPSA) is 57.6 Å². The Kier molecular flexibility index (Phi) is 4.99.